The molecule has 2 aromatic carbocycles. The standard InChI is InChI=1S/C21H22N2O/c1-15-4-9-20(14-21(15)23-13-12-16(2)22-23)19-10-7-18(8-11-19)6-5-17(3)24/h4,7-14H,5-6H2,1-3H3. The van der Waals surface area contributed by atoms with Crippen molar-refractivity contribution >= 4 is 5.78 Å². The molecule has 24 heavy (non-hydrogen) atoms. The molecule has 0 saturated carbocycles. The average molecular weight is 318 g/mol. The van der Waals surface area contributed by atoms with Crippen LogP contribution in [0.2, 0.25) is 0 Å². The summed E-state index contributed by atoms with van der Waals surface area (Å²) < 4.78 is 1.93. The van der Waals surface area contributed by atoms with Crippen LogP contribution in [0.5, 0.6) is 0 Å². The molecule has 1 heterocycles. The van der Waals surface area contributed by atoms with Crippen LogP contribution in [0.3, 0.4) is 0 Å². The Hall–Kier alpha value is -2.68. The molecule has 122 valence electrons. The van der Waals surface area contributed by atoms with Crippen LogP contribution in [0.15, 0.2) is 54.7 Å². The molecular formula is C21H22N2O. The molecule has 3 aromatic rings. The first kappa shape index (κ1) is 16.2. The number of aromatic nitrogens is 2. The van der Waals surface area contributed by atoms with Crippen LogP contribution in [0.25, 0.3) is 16.8 Å². The van der Waals surface area contributed by atoms with Gasteiger partial charge in [-0.1, -0.05) is 36.4 Å². The zero-order valence-corrected chi connectivity index (χ0v) is 14.4. The van der Waals surface area contributed by atoms with Gasteiger partial charge in [0.05, 0.1) is 11.4 Å². The minimum Gasteiger partial charge on any atom is -0.300 e. The molecule has 3 nitrogen and oxygen atoms in total. The number of hydrogen-bond acceptors (Lipinski definition) is 2. The van der Waals surface area contributed by atoms with Crippen LogP contribution in [-0.2, 0) is 11.2 Å². The molecule has 0 saturated heterocycles. The third-order valence-corrected chi connectivity index (χ3v) is 4.23. The molecule has 0 spiro atoms. The molecule has 0 aliphatic rings. The van der Waals surface area contributed by atoms with Gasteiger partial charge in [-0.15, -0.1) is 0 Å². The average Bonchev–Trinajstić information content (AvgIpc) is 3.00. The van der Waals surface area contributed by atoms with Gasteiger partial charge in [0.2, 0.25) is 0 Å². The summed E-state index contributed by atoms with van der Waals surface area (Å²) in [4.78, 5) is 11.1. The van der Waals surface area contributed by atoms with Gasteiger partial charge in [-0.05, 0) is 61.6 Å². The maximum atomic E-state index is 11.1. The normalized spacial score (nSPS) is 10.8. The van der Waals surface area contributed by atoms with Crippen molar-refractivity contribution in [3.63, 3.8) is 0 Å². The van der Waals surface area contributed by atoms with E-state index in [1.54, 1.807) is 6.92 Å². The highest BCUT2D eigenvalue weighted by molar-refractivity contribution is 5.75. The number of carbonyl (C=O) groups is 1. The molecule has 0 unspecified atom stereocenters. The molecule has 0 fully saturated rings. The molecule has 1 aromatic heterocycles. The van der Waals surface area contributed by atoms with Crippen LogP contribution in [0.1, 0.15) is 30.2 Å². The molecule has 0 aliphatic carbocycles. The van der Waals surface area contributed by atoms with Crippen molar-refractivity contribution in [3.8, 4) is 16.8 Å². The predicted molar refractivity (Wildman–Crippen MR) is 97.5 cm³/mol. The highest BCUT2D eigenvalue weighted by Crippen LogP contribution is 2.25. The Labute approximate surface area is 143 Å². The largest absolute Gasteiger partial charge is 0.300 e. The molecule has 0 N–H and O–H groups in total. The maximum absolute atomic E-state index is 11.1. The summed E-state index contributed by atoms with van der Waals surface area (Å²) in [6.07, 6.45) is 3.40. The van der Waals surface area contributed by atoms with E-state index in [1.807, 2.05) is 23.9 Å². The van der Waals surface area contributed by atoms with E-state index < -0.39 is 0 Å². The topological polar surface area (TPSA) is 34.9 Å². The van der Waals surface area contributed by atoms with Crippen molar-refractivity contribution in [2.24, 2.45) is 0 Å². The van der Waals surface area contributed by atoms with E-state index >= 15 is 0 Å². The zero-order chi connectivity index (χ0) is 17.1. The first-order valence-corrected chi connectivity index (χ1v) is 8.25. The third-order valence-electron chi connectivity index (χ3n) is 4.23. The summed E-state index contributed by atoms with van der Waals surface area (Å²) in [6.45, 7) is 5.73. The van der Waals surface area contributed by atoms with Crippen LogP contribution < -0.4 is 0 Å². The number of benzene rings is 2. The van der Waals surface area contributed by atoms with Crippen molar-refractivity contribution in [1.29, 1.82) is 0 Å². The lowest BCUT2D eigenvalue weighted by molar-refractivity contribution is -0.116. The highest BCUT2D eigenvalue weighted by Gasteiger charge is 2.06. The number of hydrogen-bond donors (Lipinski definition) is 0. The van der Waals surface area contributed by atoms with Crippen LogP contribution >= 0.6 is 0 Å². The Morgan fingerprint density at radius 1 is 1.00 bits per heavy atom. The summed E-state index contributed by atoms with van der Waals surface area (Å²) in [5.41, 5.74) is 6.84. The molecule has 3 rings (SSSR count). The summed E-state index contributed by atoms with van der Waals surface area (Å²) in [5.74, 6) is 0.233. The van der Waals surface area contributed by atoms with Gasteiger partial charge in [0.1, 0.15) is 5.78 Å². The van der Waals surface area contributed by atoms with E-state index in [0.717, 1.165) is 17.8 Å². The lowest BCUT2D eigenvalue weighted by atomic mass is 10.00. The van der Waals surface area contributed by atoms with Gasteiger partial charge >= 0.3 is 0 Å². The first-order chi connectivity index (χ1) is 11.5. The van der Waals surface area contributed by atoms with Gasteiger partial charge in [-0.2, -0.15) is 5.10 Å². The Morgan fingerprint density at radius 2 is 1.71 bits per heavy atom. The van der Waals surface area contributed by atoms with E-state index in [9.17, 15) is 4.79 Å². The Kier molecular flexibility index (Phi) is 4.61. The Morgan fingerprint density at radius 3 is 2.33 bits per heavy atom. The van der Waals surface area contributed by atoms with Gasteiger partial charge in [0, 0.05) is 12.6 Å². The van der Waals surface area contributed by atoms with Gasteiger partial charge in [-0.25, -0.2) is 4.68 Å². The summed E-state index contributed by atoms with van der Waals surface area (Å²) in [6, 6.07) is 16.9. The van der Waals surface area contributed by atoms with Crippen molar-refractivity contribution in [1.82, 2.24) is 9.78 Å². The molecular weight excluding hydrogens is 296 g/mol. The van der Waals surface area contributed by atoms with E-state index in [4.69, 9.17) is 0 Å². The minimum atomic E-state index is 0.233. The number of nitrogens with zero attached hydrogens (tertiary/aromatic N) is 2. The molecule has 0 aliphatic heterocycles. The van der Waals surface area contributed by atoms with E-state index in [0.29, 0.717) is 6.42 Å². The fourth-order valence-electron chi connectivity index (χ4n) is 2.77. The number of ketones is 1. The second kappa shape index (κ2) is 6.83. The fourth-order valence-corrected chi connectivity index (χ4v) is 2.77. The van der Waals surface area contributed by atoms with Crippen LogP contribution in [0.4, 0.5) is 0 Å². The maximum Gasteiger partial charge on any atom is 0.130 e. The van der Waals surface area contributed by atoms with Gasteiger partial charge in [0.15, 0.2) is 0 Å². The van der Waals surface area contributed by atoms with Gasteiger partial charge in [-0.3, -0.25) is 0 Å². The third kappa shape index (κ3) is 3.62. The van der Waals surface area contributed by atoms with Gasteiger partial charge in [0.25, 0.3) is 0 Å². The van der Waals surface area contributed by atoms with Crippen molar-refractivity contribution in [2.75, 3.05) is 0 Å². The van der Waals surface area contributed by atoms with E-state index in [2.05, 4.69) is 54.5 Å². The van der Waals surface area contributed by atoms with E-state index in [1.165, 1.54) is 22.3 Å². The number of aryl methyl sites for hydroxylation is 3. The summed E-state index contributed by atoms with van der Waals surface area (Å²) in [7, 11) is 0. The van der Waals surface area contributed by atoms with Crippen molar-refractivity contribution < 1.29 is 4.79 Å². The second-order valence-corrected chi connectivity index (χ2v) is 6.30. The summed E-state index contributed by atoms with van der Waals surface area (Å²) >= 11 is 0. The van der Waals surface area contributed by atoms with Gasteiger partial charge < -0.3 is 4.79 Å². The number of carbonyl (C=O) groups excluding carboxylic acids is 1. The first-order valence-electron chi connectivity index (χ1n) is 8.25. The van der Waals surface area contributed by atoms with Crippen molar-refractivity contribution in [2.45, 2.75) is 33.6 Å². The molecule has 0 radical (unpaired) electrons. The van der Waals surface area contributed by atoms with Crippen LogP contribution in [-0.4, -0.2) is 15.6 Å². The van der Waals surface area contributed by atoms with Crippen LogP contribution in [0, 0.1) is 13.8 Å². The summed E-state index contributed by atoms with van der Waals surface area (Å²) in [5, 5.41) is 4.52. The monoisotopic (exact) mass is 318 g/mol. The second-order valence-electron chi connectivity index (χ2n) is 6.30. The molecule has 3 heteroatoms. The lowest BCUT2D eigenvalue weighted by Crippen LogP contribution is -1.98. The number of Topliss-reactive ketones (excluding diaryl/α,β-unsaturated/α-hetero) is 1. The molecule has 0 amide bonds. The number of rotatable bonds is 5. The molecule has 0 atom stereocenters. The lowest BCUT2D eigenvalue weighted by Gasteiger charge is -2.10. The van der Waals surface area contributed by atoms with Crippen molar-refractivity contribution in [3.05, 3.63) is 71.5 Å². The van der Waals surface area contributed by atoms with E-state index in [-0.39, 0.29) is 5.78 Å². The minimum absolute atomic E-state index is 0.233. The highest BCUT2D eigenvalue weighted by atomic mass is 16.1. The quantitative estimate of drug-likeness (QED) is 0.685. The predicted octanol–water partition coefficient (Wildman–Crippen LogP) is 4.68. The Balaban J connectivity index is 1.88. The molecule has 0 bridgehead atoms. The Bertz CT molecular complexity index is 860. The fraction of sp³-hybridized carbons (Fsp3) is 0.238. The smallest absolute Gasteiger partial charge is 0.130 e. The zero-order valence-electron chi connectivity index (χ0n) is 14.4. The SMILES string of the molecule is CC(=O)CCc1ccc(-c2ccc(C)c(-n3ccc(C)n3)c2)cc1.